The normalized spacial score (nSPS) is 11.0. The van der Waals surface area contributed by atoms with Crippen LogP contribution in [0.3, 0.4) is 0 Å². The minimum Gasteiger partial charge on any atom is -0.396 e. The van der Waals surface area contributed by atoms with Crippen LogP contribution in [-0.4, -0.2) is 0 Å². The van der Waals surface area contributed by atoms with Crippen LogP contribution in [0.2, 0.25) is 0 Å². The van der Waals surface area contributed by atoms with E-state index in [-0.39, 0.29) is 20.9 Å². The summed E-state index contributed by atoms with van der Waals surface area (Å²) in [5.41, 5.74) is 11.3. The molecule has 0 radical (unpaired) electrons. The largest absolute Gasteiger partial charge is 0.396 e. The van der Waals surface area contributed by atoms with E-state index in [1.54, 1.807) is 36.4 Å². The number of halogens is 3. The van der Waals surface area contributed by atoms with Crippen LogP contribution in [0.15, 0.2) is 0 Å². The predicted octanol–water partition coefficient (Wildman–Crippen LogP) is 2.86. The highest BCUT2D eigenvalue weighted by Crippen LogP contribution is 2.35. The lowest BCUT2D eigenvalue weighted by molar-refractivity contribution is 0.572. The van der Waals surface area contributed by atoms with E-state index < -0.39 is 11.6 Å². The molecule has 0 aromatic heterocycles. The molecule has 0 heterocycles. The van der Waals surface area contributed by atoms with Crippen molar-refractivity contribution in [2.45, 2.75) is 19.8 Å². The van der Waals surface area contributed by atoms with Gasteiger partial charge in [0.15, 0.2) is 11.6 Å². The van der Waals surface area contributed by atoms with Gasteiger partial charge in [-0.25, -0.2) is 8.78 Å². The zero-order valence-corrected chi connectivity index (χ0v) is 10.0. The summed E-state index contributed by atoms with van der Waals surface area (Å²) in [6.07, 6.45) is 0. The van der Waals surface area contributed by atoms with Gasteiger partial charge >= 0.3 is 0 Å². The Bertz CT molecular complexity index is 349. The summed E-state index contributed by atoms with van der Waals surface area (Å²) >= 11 is 1.55. The van der Waals surface area contributed by atoms with Crippen molar-refractivity contribution in [3.05, 3.63) is 20.8 Å². The van der Waals surface area contributed by atoms with E-state index >= 15 is 0 Å². The summed E-state index contributed by atoms with van der Waals surface area (Å²) in [5.74, 6) is -1.54. The summed E-state index contributed by atoms with van der Waals surface area (Å²) in [6.45, 7) is 3.57. The Balaban J connectivity index is 3.60. The maximum atomic E-state index is 13.4. The Hall–Kier alpha value is -0.590. The molecule has 0 spiro atoms. The SMILES string of the molecule is CC(C)c1c(N)c(F)c(I)c(F)c1N. The number of hydrogen-bond donors (Lipinski definition) is 2. The fourth-order valence-corrected chi connectivity index (χ4v) is 1.92. The minimum absolute atomic E-state index is 0.0525. The van der Waals surface area contributed by atoms with Crippen molar-refractivity contribution in [3.63, 3.8) is 0 Å². The van der Waals surface area contributed by atoms with Crippen molar-refractivity contribution in [2.75, 3.05) is 11.5 Å². The van der Waals surface area contributed by atoms with Crippen molar-refractivity contribution >= 4 is 34.0 Å². The first-order valence-corrected chi connectivity index (χ1v) is 5.17. The van der Waals surface area contributed by atoms with E-state index in [1.807, 2.05) is 0 Å². The molecule has 0 atom stereocenters. The molecule has 0 saturated heterocycles. The number of rotatable bonds is 1. The summed E-state index contributed by atoms with van der Waals surface area (Å²) < 4.78 is 26.6. The molecule has 14 heavy (non-hydrogen) atoms. The second kappa shape index (κ2) is 3.88. The van der Waals surface area contributed by atoms with E-state index in [9.17, 15) is 8.78 Å². The first kappa shape index (κ1) is 11.5. The third-order valence-electron chi connectivity index (χ3n) is 2.02. The van der Waals surface area contributed by atoms with Crippen molar-refractivity contribution in [2.24, 2.45) is 0 Å². The number of anilines is 2. The summed E-state index contributed by atoms with van der Waals surface area (Å²) in [4.78, 5) is 0. The van der Waals surface area contributed by atoms with Crippen molar-refractivity contribution in [1.82, 2.24) is 0 Å². The van der Waals surface area contributed by atoms with Gasteiger partial charge < -0.3 is 11.5 Å². The molecular formula is C9H11F2IN2. The smallest absolute Gasteiger partial charge is 0.162 e. The van der Waals surface area contributed by atoms with E-state index in [0.717, 1.165) is 0 Å². The number of nitrogen functional groups attached to an aromatic ring is 2. The van der Waals surface area contributed by atoms with Crippen LogP contribution in [0.25, 0.3) is 0 Å². The fraction of sp³-hybridized carbons (Fsp3) is 0.333. The monoisotopic (exact) mass is 312 g/mol. The number of hydrogen-bond acceptors (Lipinski definition) is 2. The van der Waals surface area contributed by atoms with Crippen LogP contribution >= 0.6 is 22.6 Å². The fourth-order valence-electron chi connectivity index (χ4n) is 1.34. The Kier molecular flexibility index (Phi) is 3.18. The average molecular weight is 312 g/mol. The standard InChI is InChI=1S/C9H11F2IN2/c1-3(2)4-8(13)5(10)7(12)6(11)9(4)14/h3H,13-14H2,1-2H3. The lowest BCUT2D eigenvalue weighted by atomic mass is 9.98. The first-order chi connectivity index (χ1) is 6.37. The third-order valence-corrected chi connectivity index (χ3v) is 2.96. The van der Waals surface area contributed by atoms with Gasteiger partial charge in [0.2, 0.25) is 0 Å². The number of benzene rings is 1. The molecule has 0 aliphatic heterocycles. The van der Waals surface area contributed by atoms with E-state index in [0.29, 0.717) is 5.56 Å². The molecule has 0 saturated carbocycles. The molecule has 1 aromatic carbocycles. The van der Waals surface area contributed by atoms with E-state index in [2.05, 4.69) is 0 Å². The van der Waals surface area contributed by atoms with Crippen LogP contribution in [0.5, 0.6) is 0 Å². The summed E-state index contributed by atoms with van der Waals surface area (Å²) in [6, 6.07) is 0. The molecule has 0 amide bonds. The molecule has 4 N–H and O–H groups in total. The molecule has 78 valence electrons. The highest BCUT2D eigenvalue weighted by Gasteiger charge is 2.21. The molecule has 1 rings (SSSR count). The van der Waals surface area contributed by atoms with Gasteiger partial charge in [-0.2, -0.15) is 0 Å². The second-order valence-electron chi connectivity index (χ2n) is 3.34. The Morgan fingerprint density at radius 2 is 1.43 bits per heavy atom. The van der Waals surface area contributed by atoms with Gasteiger partial charge in [0.05, 0.1) is 14.9 Å². The zero-order valence-electron chi connectivity index (χ0n) is 7.87. The van der Waals surface area contributed by atoms with Gasteiger partial charge in [-0.05, 0) is 28.5 Å². The number of nitrogens with two attached hydrogens (primary N) is 2. The van der Waals surface area contributed by atoms with Gasteiger partial charge in [-0.1, -0.05) is 13.8 Å². The molecule has 0 fully saturated rings. The van der Waals surface area contributed by atoms with Gasteiger partial charge in [-0.3, -0.25) is 0 Å². The first-order valence-electron chi connectivity index (χ1n) is 4.09. The van der Waals surface area contributed by atoms with Crippen molar-refractivity contribution < 1.29 is 8.78 Å². The summed E-state index contributed by atoms with van der Waals surface area (Å²) in [7, 11) is 0. The Morgan fingerprint density at radius 3 is 1.71 bits per heavy atom. The molecule has 0 unspecified atom stereocenters. The molecule has 0 aliphatic carbocycles. The molecule has 1 aromatic rings. The van der Waals surface area contributed by atoms with Gasteiger partial charge in [-0.15, -0.1) is 0 Å². The second-order valence-corrected chi connectivity index (χ2v) is 4.42. The van der Waals surface area contributed by atoms with E-state index in [4.69, 9.17) is 11.5 Å². The molecule has 0 aliphatic rings. The lowest BCUT2D eigenvalue weighted by Gasteiger charge is -2.15. The van der Waals surface area contributed by atoms with Crippen LogP contribution in [0, 0.1) is 15.2 Å². The van der Waals surface area contributed by atoms with E-state index in [1.165, 1.54) is 0 Å². The third kappa shape index (κ3) is 1.65. The van der Waals surface area contributed by atoms with Crippen LogP contribution < -0.4 is 11.5 Å². The zero-order chi connectivity index (χ0) is 11.0. The Morgan fingerprint density at radius 1 is 1.07 bits per heavy atom. The maximum Gasteiger partial charge on any atom is 0.162 e. The lowest BCUT2D eigenvalue weighted by Crippen LogP contribution is -2.09. The van der Waals surface area contributed by atoms with Crippen molar-refractivity contribution in [1.29, 1.82) is 0 Å². The minimum atomic E-state index is -0.721. The molecule has 0 bridgehead atoms. The Labute approximate surface area is 94.8 Å². The van der Waals surface area contributed by atoms with Gasteiger partial charge in [0, 0.05) is 5.56 Å². The van der Waals surface area contributed by atoms with Gasteiger partial charge in [0.1, 0.15) is 0 Å². The topological polar surface area (TPSA) is 52.0 Å². The van der Waals surface area contributed by atoms with Gasteiger partial charge in [0.25, 0.3) is 0 Å². The maximum absolute atomic E-state index is 13.4. The summed E-state index contributed by atoms with van der Waals surface area (Å²) in [5, 5.41) is 0. The van der Waals surface area contributed by atoms with Crippen molar-refractivity contribution in [3.8, 4) is 0 Å². The van der Waals surface area contributed by atoms with Crippen LogP contribution in [0.1, 0.15) is 25.3 Å². The molecule has 2 nitrogen and oxygen atoms in total. The molecule has 5 heteroatoms. The highest BCUT2D eigenvalue weighted by molar-refractivity contribution is 14.1. The van der Waals surface area contributed by atoms with Crippen LogP contribution in [-0.2, 0) is 0 Å². The quantitative estimate of drug-likeness (QED) is 0.476. The molecular weight excluding hydrogens is 301 g/mol. The van der Waals surface area contributed by atoms with Crippen LogP contribution in [0.4, 0.5) is 20.2 Å². The highest BCUT2D eigenvalue weighted by atomic mass is 127. The predicted molar refractivity (Wildman–Crippen MR) is 62.0 cm³/mol. The average Bonchev–Trinajstić information content (AvgIpc) is 2.11.